The van der Waals surface area contributed by atoms with E-state index >= 15 is 0 Å². The summed E-state index contributed by atoms with van der Waals surface area (Å²) in [7, 11) is 0. The first-order valence-electron chi connectivity index (χ1n) is 5.72. The summed E-state index contributed by atoms with van der Waals surface area (Å²) in [5.74, 6) is 0.253. The predicted molar refractivity (Wildman–Crippen MR) is 65.4 cm³/mol. The normalized spacial score (nSPS) is 10.9. The van der Waals surface area contributed by atoms with Gasteiger partial charge in [0.25, 0.3) is 0 Å². The number of aromatic nitrogens is 2. The Labute approximate surface area is 96.7 Å². The highest BCUT2D eigenvalue weighted by molar-refractivity contribution is 5.76. The van der Waals surface area contributed by atoms with Crippen LogP contribution in [0.2, 0.25) is 0 Å². The van der Waals surface area contributed by atoms with Gasteiger partial charge in [0.1, 0.15) is 0 Å². The maximum Gasteiger partial charge on any atom is 0.0918 e. The van der Waals surface area contributed by atoms with E-state index in [2.05, 4.69) is 30.0 Å². The molecule has 0 atom stereocenters. The molecule has 1 heterocycles. The zero-order valence-electron chi connectivity index (χ0n) is 10.1. The summed E-state index contributed by atoms with van der Waals surface area (Å²) < 4.78 is 1.92. The van der Waals surface area contributed by atoms with Crippen molar-refractivity contribution in [2.24, 2.45) is 5.73 Å². The third-order valence-corrected chi connectivity index (χ3v) is 2.56. The van der Waals surface area contributed by atoms with Crippen molar-refractivity contribution in [1.82, 2.24) is 14.7 Å². The molecule has 0 aliphatic rings. The minimum atomic E-state index is 0.253. The largest absolute Gasteiger partial charge is 0.388 e. The highest BCUT2D eigenvalue weighted by Crippen LogP contribution is 2.04. The fourth-order valence-electron chi connectivity index (χ4n) is 1.55. The van der Waals surface area contributed by atoms with Gasteiger partial charge in [-0.15, -0.1) is 0 Å². The van der Waals surface area contributed by atoms with Crippen LogP contribution in [0.25, 0.3) is 0 Å². The van der Waals surface area contributed by atoms with Crippen molar-refractivity contribution >= 4 is 5.84 Å². The van der Waals surface area contributed by atoms with Gasteiger partial charge in [-0.05, 0) is 13.5 Å². The Bertz CT molecular complexity index is 331. The molecule has 0 saturated carbocycles. The molecule has 1 rings (SSSR count). The van der Waals surface area contributed by atoms with E-state index in [1.54, 1.807) is 0 Å². The Balaban J connectivity index is 2.45. The number of nitrogens with two attached hydrogens (primary N) is 1. The number of aryl methyl sites for hydroxylation is 1. The van der Waals surface area contributed by atoms with Gasteiger partial charge in [-0.1, -0.05) is 6.92 Å². The Morgan fingerprint density at radius 1 is 1.56 bits per heavy atom. The SMILES string of the molecule is CCN(CCC(=N)N)Cc1cnn(CC)c1. The Hall–Kier alpha value is -1.36. The minimum absolute atomic E-state index is 0.253. The van der Waals surface area contributed by atoms with E-state index in [1.807, 2.05) is 10.9 Å². The molecule has 3 N–H and O–H groups in total. The molecular formula is C11H21N5. The highest BCUT2D eigenvalue weighted by Gasteiger charge is 2.05. The average molecular weight is 223 g/mol. The highest BCUT2D eigenvalue weighted by atomic mass is 15.3. The molecule has 5 nitrogen and oxygen atoms in total. The Morgan fingerprint density at radius 3 is 2.81 bits per heavy atom. The van der Waals surface area contributed by atoms with Gasteiger partial charge in [0.2, 0.25) is 0 Å². The molecule has 0 fully saturated rings. The van der Waals surface area contributed by atoms with Gasteiger partial charge in [-0.3, -0.25) is 15.0 Å². The van der Waals surface area contributed by atoms with Gasteiger partial charge < -0.3 is 5.73 Å². The van der Waals surface area contributed by atoms with E-state index in [4.69, 9.17) is 11.1 Å². The summed E-state index contributed by atoms with van der Waals surface area (Å²) in [5, 5.41) is 11.5. The van der Waals surface area contributed by atoms with Gasteiger partial charge in [-0.25, -0.2) is 0 Å². The number of amidine groups is 1. The molecule has 1 aromatic heterocycles. The van der Waals surface area contributed by atoms with E-state index in [0.717, 1.165) is 26.2 Å². The maximum atomic E-state index is 7.21. The lowest BCUT2D eigenvalue weighted by Gasteiger charge is -2.18. The lowest BCUT2D eigenvalue weighted by atomic mass is 10.3. The third-order valence-electron chi connectivity index (χ3n) is 2.56. The summed E-state index contributed by atoms with van der Waals surface area (Å²) in [5.41, 5.74) is 6.57. The lowest BCUT2D eigenvalue weighted by Crippen LogP contribution is -2.27. The van der Waals surface area contributed by atoms with Crippen LogP contribution in [0, 0.1) is 5.41 Å². The topological polar surface area (TPSA) is 70.9 Å². The summed E-state index contributed by atoms with van der Waals surface area (Å²) >= 11 is 0. The molecule has 90 valence electrons. The van der Waals surface area contributed by atoms with Gasteiger partial charge in [-0.2, -0.15) is 5.10 Å². The predicted octanol–water partition coefficient (Wildman–Crippen LogP) is 1.05. The first kappa shape index (κ1) is 12.7. The fourth-order valence-corrected chi connectivity index (χ4v) is 1.55. The van der Waals surface area contributed by atoms with E-state index < -0.39 is 0 Å². The van der Waals surface area contributed by atoms with Gasteiger partial charge >= 0.3 is 0 Å². The van der Waals surface area contributed by atoms with Crippen molar-refractivity contribution in [3.8, 4) is 0 Å². The number of nitrogens with one attached hydrogen (secondary N) is 1. The third kappa shape index (κ3) is 4.02. The summed E-state index contributed by atoms with van der Waals surface area (Å²) in [6, 6.07) is 0. The second kappa shape index (κ2) is 6.27. The summed E-state index contributed by atoms with van der Waals surface area (Å²) in [4.78, 5) is 2.26. The molecule has 0 bridgehead atoms. The number of nitrogens with zero attached hydrogens (tertiary/aromatic N) is 3. The standard InChI is InChI=1S/C11H21N5/c1-3-15(6-5-11(12)13)8-10-7-14-16(4-2)9-10/h7,9H,3-6,8H2,1-2H3,(H3,12,13). The van der Waals surface area contributed by atoms with Crippen LogP contribution in [-0.2, 0) is 13.1 Å². The molecule has 0 amide bonds. The Kier molecular flexibility index (Phi) is 4.98. The molecule has 0 unspecified atom stereocenters. The van der Waals surface area contributed by atoms with Crippen LogP contribution in [-0.4, -0.2) is 33.6 Å². The second-order valence-corrected chi connectivity index (χ2v) is 3.85. The van der Waals surface area contributed by atoms with Crippen molar-refractivity contribution in [2.45, 2.75) is 33.4 Å². The molecule has 0 saturated heterocycles. The molecule has 0 spiro atoms. The van der Waals surface area contributed by atoms with Crippen LogP contribution < -0.4 is 5.73 Å². The van der Waals surface area contributed by atoms with Crippen molar-refractivity contribution in [1.29, 1.82) is 5.41 Å². The minimum Gasteiger partial charge on any atom is -0.388 e. The van der Waals surface area contributed by atoms with Crippen molar-refractivity contribution in [3.05, 3.63) is 18.0 Å². The van der Waals surface area contributed by atoms with Crippen LogP contribution >= 0.6 is 0 Å². The van der Waals surface area contributed by atoms with E-state index in [1.165, 1.54) is 5.56 Å². The molecule has 0 aliphatic carbocycles. The molecule has 1 aromatic rings. The second-order valence-electron chi connectivity index (χ2n) is 3.85. The zero-order chi connectivity index (χ0) is 12.0. The van der Waals surface area contributed by atoms with Gasteiger partial charge in [0, 0.05) is 37.8 Å². The molecule has 0 aliphatic heterocycles. The fraction of sp³-hybridized carbons (Fsp3) is 0.636. The first-order chi connectivity index (χ1) is 7.65. The molecule has 0 radical (unpaired) electrons. The van der Waals surface area contributed by atoms with E-state index in [9.17, 15) is 0 Å². The number of hydrogen-bond acceptors (Lipinski definition) is 3. The number of hydrogen-bond donors (Lipinski definition) is 2. The Morgan fingerprint density at radius 2 is 2.31 bits per heavy atom. The number of rotatable bonds is 7. The summed E-state index contributed by atoms with van der Waals surface area (Å²) in [6.07, 6.45) is 4.60. The van der Waals surface area contributed by atoms with Crippen LogP contribution in [0.4, 0.5) is 0 Å². The lowest BCUT2D eigenvalue weighted by molar-refractivity contribution is 0.288. The van der Waals surface area contributed by atoms with Crippen molar-refractivity contribution in [3.63, 3.8) is 0 Å². The van der Waals surface area contributed by atoms with Gasteiger partial charge in [0.05, 0.1) is 12.0 Å². The average Bonchev–Trinajstić information content (AvgIpc) is 2.71. The monoisotopic (exact) mass is 223 g/mol. The zero-order valence-corrected chi connectivity index (χ0v) is 10.1. The van der Waals surface area contributed by atoms with E-state index in [-0.39, 0.29) is 5.84 Å². The smallest absolute Gasteiger partial charge is 0.0918 e. The molecular weight excluding hydrogens is 202 g/mol. The van der Waals surface area contributed by atoms with Crippen molar-refractivity contribution < 1.29 is 0 Å². The van der Waals surface area contributed by atoms with E-state index in [0.29, 0.717) is 6.42 Å². The summed E-state index contributed by atoms with van der Waals surface area (Å²) in [6.45, 7) is 7.77. The molecule has 5 heteroatoms. The van der Waals surface area contributed by atoms with Crippen molar-refractivity contribution in [2.75, 3.05) is 13.1 Å². The molecule has 0 aromatic carbocycles. The first-order valence-corrected chi connectivity index (χ1v) is 5.72. The van der Waals surface area contributed by atoms with Crippen LogP contribution in [0.5, 0.6) is 0 Å². The molecule has 16 heavy (non-hydrogen) atoms. The van der Waals surface area contributed by atoms with Crippen LogP contribution in [0.1, 0.15) is 25.8 Å². The van der Waals surface area contributed by atoms with Crippen LogP contribution in [0.3, 0.4) is 0 Å². The quantitative estimate of drug-likeness (QED) is 0.536. The van der Waals surface area contributed by atoms with Crippen LogP contribution in [0.15, 0.2) is 12.4 Å². The maximum absolute atomic E-state index is 7.21. The van der Waals surface area contributed by atoms with Gasteiger partial charge in [0.15, 0.2) is 0 Å².